The maximum absolute atomic E-state index is 12.4. The molecule has 1 heterocycles. The Balaban J connectivity index is 1.85. The fourth-order valence-electron chi connectivity index (χ4n) is 2.17. The lowest BCUT2D eigenvalue weighted by molar-refractivity contribution is -0.138. The molecule has 0 fully saturated rings. The highest BCUT2D eigenvalue weighted by atomic mass is 16.5. The van der Waals surface area contributed by atoms with Gasteiger partial charge in [0.1, 0.15) is 18.1 Å². The molecule has 0 aliphatic rings. The van der Waals surface area contributed by atoms with Gasteiger partial charge in [0.15, 0.2) is 0 Å². The third kappa shape index (κ3) is 5.88. The van der Waals surface area contributed by atoms with Crippen molar-refractivity contribution in [1.29, 1.82) is 0 Å². The van der Waals surface area contributed by atoms with Gasteiger partial charge in [-0.25, -0.2) is 0 Å². The number of rotatable bonds is 9. The van der Waals surface area contributed by atoms with E-state index in [-0.39, 0.29) is 12.5 Å². The number of carbonyl (C=O) groups is 1. The number of ether oxygens (including phenoxy) is 2. The summed E-state index contributed by atoms with van der Waals surface area (Å²) in [5.41, 5.74) is 1.05. The van der Waals surface area contributed by atoms with Gasteiger partial charge in [0.2, 0.25) is 5.91 Å². The summed E-state index contributed by atoms with van der Waals surface area (Å²) in [5, 5.41) is 0. The molecule has 0 bridgehead atoms. The van der Waals surface area contributed by atoms with Crippen LogP contribution >= 0.6 is 0 Å². The lowest BCUT2D eigenvalue weighted by Gasteiger charge is -2.21. The minimum absolute atomic E-state index is 0.0400. The average Bonchev–Trinajstić information content (AvgIpc) is 2.97. The Hall–Kier alpha value is -2.11. The van der Waals surface area contributed by atoms with Crippen molar-refractivity contribution in [2.75, 3.05) is 26.9 Å². The molecule has 2 rings (SSSR count). The molecule has 0 unspecified atom stereocenters. The van der Waals surface area contributed by atoms with Crippen LogP contribution in [-0.4, -0.2) is 37.7 Å². The summed E-state index contributed by atoms with van der Waals surface area (Å²) in [6.45, 7) is 3.75. The van der Waals surface area contributed by atoms with Gasteiger partial charge in [0.05, 0.1) is 19.8 Å². The number of hydrogen-bond donors (Lipinski definition) is 0. The van der Waals surface area contributed by atoms with E-state index in [1.165, 1.54) is 0 Å². The molecular weight excluding hydrogens is 294 g/mol. The van der Waals surface area contributed by atoms with Gasteiger partial charge >= 0.3 is 0 Å². The molecule has 5 nitrogen and oxygen atoms in total. The Morgan fingerprint density at radius 3 is 2.61 bits per heavy atom. The van der Waals surface area contributed by atoms with Crippen molar-refractivity contribution in [2.24, 2.45) is 0 Å². The highest BCUT2D eigenvalue weighted by Gasteiger charge is 2.15. The van der Waals surface area contributed by atoms with E-state index in [0.717, 1.165) is 17.1 Å². The Bertz CT molecular complexity index is 594. The molecule has 0 saturated heterocycles. The molecule has 0 atom stereocenters. The van der Waals surface area contributed by atoms with E-state index in [0.29, 0.717) is 26.3 Å². The number of amides is 1. The first kappa shape index (κ1) is 17.2. The van der Waals surface area contributed by atoms with Crippen molar-refractivity contribution in [3.63, 3.8) is 0 Å². The van der Waals surface area contributed by atoms with Gasteiger partial charge in [-0.3, -0.25) is 4.79 Å². The summed E-state index contributed by atoms with van der Waals surface area (Å²) in [5.74, 6) is 1.52. The van der Waals surface area contributed by atoms with E-state index in [1.807, 2.05) is 49.4 Å². The maximum atomic E-state index is 12.4. The number of aryl methyl sites for hydroxylation is 1. The first-order chi connectivity index (χ1) is 11.2. The third-order valence-electron chi connectivity index (χ3n) is 3.40. The van der Waals surface area contributed by atoms with Crippen LogP contribution in [0.1, 0.15) is 17.1 Å². The second-order valence-electron chi connectivity index (χ2n) is 5.30. The van der Waals surface area contributed by atoms with Crippen LogP contribution < -0.4 is 0 Å². The molecule has 0 spiro atoms. The smallest absolute Gasteiger partial charge is 0.249 e. The zero-order valence-electron chi connectivity index (χ0n) is 13.7. The fourth-order valence-corrected chi connectivity index (χ4v) is 2.17. The minimum atomic E-state index is -0.0768. The van der Waals surface area contributed by atoms with Crippen LogP contribution in [-0.2, 0) is 27.4 Å². The lowest BCUT2D eigenvalue weighted by atomic mass is 10.2. The van der Waals surface area contributed by atoms with E-state index in [1.54, 1.807) is 12.0 Å². The molecule has 0 radical (unpaired) electrons. The molecule has 1 amide bonds. The molecular formula is C18H23NO4. The highest BCUT2D eigenvalue weighted by Crippen LogP contribution is 2.10. The van der Waals surface area contributed by atoms with Gasteiger partial charge in [0.25, 0.3) is 0 Å². The summed E-state index contributed by atoms with van der Waals surface area (Å²) < 4.78 is 16.1. The molecule has 0 aliphatic carbocycles. The predicted octanol–water partition coefficient (Wildman–Crippen LogP) is 2.78. The van der Waals surface area contributed by atoms with Crippen molar-refractivity contribution >= 4 is 5.91 Å². The van der Waals surface area contributed by atoms with Gasteiger partial charge in [-0.1, -0.05) is 30.3 Å². The van der Waals surface area contributed by atoms with E-state index in [4.69, 9.17) is 13.9 Å². The molecule has 0 N–H and O–H groups in total. The molecule has 1 aromatic heterocycles. The monoisotopic (exact) mass is 317 g/mol. The van der Waals surface area contributed by atoms with E-state index in [2.05, 4.69) is 0 Å². The molecule has 124 valence electrons. The van der Waals surface area contributed by atoms with Crippen molar-refractivity contribution in [3.05, 3.63) is 59.5 Å². The normalized spacial score (nSPS) is 10.7. The molecule has 1 aromatic carbocycles. The largest absolute Gasteiger partial charge is 0.464 e. The lowest BCUT2D eigenvalue weighted by Crippen LogP contribution is -2.36. The number of carbonyl (C=O) groups excluding carboxylic acids is 1. The van der Waals surface area contributed by atoms with Crippen LogP contribution in [0.15, 0.2) is 46.9 Å². The zero-order chi connectivity index (χ0) is 16.5. The van der Waals surface area contributed by atoms with E-state index < -0.39 is 0 Å². The van der Waals surface area contributed by atoms with Gasteiger partial charge in [-0.15, -0.1) is 0 Å². The second kappa shape index (κ2) is 9.12. The molecule has 23 heavy (non-hydrogen) atoms. The van der Waals surface area contributed by atoms with Crippen molar-refractivity contribution in [3.8, 4) is 0 Å². The number of hydrogen-bond acceptors (Lipinski definition) is 4. The molecule has 0 aliphatic heterocycles. The molecule has 2 aromatic rings. The van der Waals surface area contributed by atoms with Crippen LogP contribution in [0.4, 0.5) is 0 Å². The topological polar surface area (TPSA) is 51.9 Å². The van der Waals surface area contributed by atoms with Gasteiger partial charge in [-0.2, -0.15) is 0 Å². The summed E-state index contributed by atoms with van der Waals surface area (Å²) in [6.07, 6.45) is 0. The maximum Gasteiger partial charge on any atom is 0.249 e. The number of methoxy groups -OCH3 is 1. The third-order valence-corrected chi connectivity index (χ3v) is 3.40. The van der Waals surface area contributed by atoms with Crippen LogP contribution in [0.25, 0.3) is 0 Å². The van der Waals surface area contributed by atoms with Crippen molar-refractivity contribution in [1.82, 2.24) is 4.90 Å². The average molecular weight is 317 g/mol. The first-order valence-corrected chi connectivity index (χ1v) is 7.62. The fraction of sp³-hybridized carbons (Fsp3) is 0.389. The summed E-state index contributed by atoms with van der Waals surface area (Å²) >= 11 is 0. The SMILES string of the molecule is COCCN(Cc1ccc(C)o1)C(=O)COCc1ccccc1. The summed E-state index contributed by atoms with van der Waals surface area (Å²) in [6, 6.07) is 13.6. The van der Waals surface area contributed by atoms with Crippen LogP contribution in [0.3, 0.4) is 0 Å². The Labute approximate surface area is 136 Å². The van der Waals surface area contributed by atoms with E-state index in [9.17, 15) is 4.79 Å². The Kier molecular flexibility index (Phi) is 6.84. The predicted molar refractivity (Wildman–Crippen MR) is 86.8 cm³/mol. The molecule has 0 saturated carbocycles. The van der Waals surface area contributed by atoms with Crippen LogP contribution in [0.5, 0.6) is 0 Å². The quantitative estimate of drug-likeness (QED) is 0.713. The highest BCUT2D eigenvalue weighted by molar-refractivity contribution is 5.77. The first-order valence-electron chi connectivity index (χ1n) is 7.62. The second-order valence-corrected chi connectivity index (χ2v) is 5.30. The minimum Gasteiger partial charge on any atom is -0.464 e. The van der Waals surface area contributed by atoms with Crippen molar-refractivity contribution in [2.45, 2.75) is 20.1 Å². The van der Waals surface area contributed by atoms with E-state index >= 15 is 0 Å². The number of furan rings is 1. The van der Waals surface area contributed by atoms with Gasteiger partial charge in [-0.05, 0) is 24.6 Å². The van der Waals surface area contributed by atoms with Gasteiger partial charge in [0, 0.05) is 13.7 Å². The van der Waals surface area contributed by atoms with Crippen LogP contribution in [0.2, 0.25) is 0 Å². The van der Waals surface area contributed by atoms with Crippen LogP contribution in [0, 0.1) is 6.92 Å². The summed E-state index contributed by atoms with van der Waals surface area (Å²) in [4.78, 5) is 14.0. The Morgan fingerprint density at radius 1 is 1.17 bits per heavy atom. The standard InChI is InChI=1S/C18H23NO4/c1-15-8-9-17(23-15)12-19(10-11-21-2)18(20)14-22-13-16-6-4-3-5-7-16/h3-9H,10-14H2,1-2H3. The zero-order valence-corrected chi connectivity index (χ0v) is 13.7. The number of nitrogens with zero attached hydrogens (tertiary/aromatic N) is 1. The Morgan fingerprint density at radius 2 is 1.96 bits per heavy atom. The number of benzene rings is 1. The molecule has 5 heteroatoms. The van der Waals surface area contributed by atoms with Crippen molar-refractivity contribution < 1.29 is 18.7 Å². The van der Waals surface area contributed by atoms with Gasteiger partial charge < -0.3 is 18.8 Å². The summed E-state index contributed by atoms with van der Waals surface area (Å²) in [7, 11) is 1.62.